The van der Waals surface area contributed by atoms with Crippen molar-refractivity contribution in [2.24, 2.45) is 0 Å². The van der Waals surface area contributed by atoms with Gasteiger partial charge in [-0.25, -0.2) is 0 Å². The lowest BCUT2D eigenvalue weighted by Crippen LogP contribution is -2.16. The van der Waals surface area contributed by atoms with Crippen LogP contribution in [0.5, 0.6) is 0 Å². The summed E-state index contributed by atoms with van der Waals surface area (Å²) >= 11 is 1.89. The van der Waals surface area contributed by atoms with Crippen molar-refractivity contribution in [1.82, 2.24) is 0 Å². The Balaban J connectivity index is 2.14. The van der Waals surface area contributed by atoms with Crippen LogP contribution in [0.4, 0.5) is 0 Å². The molecule has 1 aromatic carbocycles. The number of carbonyl (C=O) groups excluding carboxylic acids is 1. The lowest BCUT2D eigenvalue weighted by atomic mass is 10.1. The summed E-state index contributed by atoms with van der Waals surface area (Å²) in [5.74, 6) is 0. The molecule has 16 heavy (non-hydrogen) atoms. The van der Waals surface area contributed by atoms with Gasteiger partial charge in [-0.3, -0.25) is 4.79 Å². The summed E-state index contributed by atoms with van der Waals surface area (Å²) in [5, 5.41) is 0. The first kappa shape index (κ1) is 11.5. The number of thioether (sulfide) groups is 1. The molecular formula is C14H16OS. The van der Waals surface area contributed by atoms with E-state index < -0.39 is 0 Å². The summed E-state index contributed by atoms with van der Waals surface area (Å²) < 4.78 is 0.155. The zero-order valence-electron chi connectivity index (χ0n) is 9.26. The van der Waals surface area contributed by atoms with Crippen LogP contribution >= 0.6 is 11.8 Å². The van der Waals surface area contributed by atoms with E-state index in [1.807, 2.05) is 17.8 Å². The average Bonchev–Trinajstić information content (AvgIpc) is 2.77. The fraction of sp³-hybridized carbons (Fsp3) is 0.357. The molecule has 0 amide bonds. The van der Waals surface area contributed by atoms with E-state index in [9.17, 15) is 4.79 Å². The molecule has 0 unspecified atom stereocenters. The smallest absolute Gasteiger partial charge is 0.142 e. The molecule has 0 atom stereocenters. The maximum Gasteiger partial charge on any atom is 0.142 e. The Labute approximate surface area is 101 Å². The SMILES string of the molecule is O=C/C=C/C1(Sc2ccccc2)CCCC1. The van der Waals surface area contributed by atoms with Crippen LogP contribution in [-0.2, 0) is 4.79 Å². The molecule has 0 spiro atoms. The average molecular weight is 232 g/mol. The van der Waals surface area contributed by atoms with Gasteiger partial charge in [0, 0.05) is 9.64 Å². The Kier molecular flexibility index (Phi) is 3.83. The molecule has 1 aliphatic carbocycles. The van der Waals surface area contributed by atoms with Crippen LogP contribution in [0.25, 0.3) is 0 Å². The highest BCUT2D eigenvalue weighted by Crippen LogP contribution is 2.46. The molecule has 1 saturated carbocycles. The predicted molar refractivity (Wildman–Crippen MR) is 68.7 cm³/mol. The van der Waals surface area contributed by atoms with Gasteiger partial charge in [-0.2, -0.15) is 0 Å². The maximum atomic E-state index is 10.5. The summed E-state index contributed by atoms with van der Waals surface area (Å²) in [4.78, 5) is 11.8. The molecule has 0 saturated heterocycles. The molecule has 0 aromatic heterocycles. The third-order valence-corrected chi connectivity index (χ3v) is 4.45. The lowest BCUT2D eigenvalue weighted by Gasteiger charge is -2.24. The van der Waals surface area contributed by atoms with Gasteiger partial charge in [-0.1, -0.05) is 37.1 Å². The van der Waals surface area contributed by atoms with Gasteiger partial charge in [0.25, 0.3) is 0 Å². The van der Waals surface area contributed by atoms with Gasteiger partial charge in [0.1, 0.15) is 6.29 Å². The minimum atomic E-state index is 0.155. The molecule has 2 heteroatoms. The highest BCUT2D eigenvalue weighted by molar-refractivity contribution is 8.00. The molecule has 2 rings (SSSR count). The van der Waals surface area contributed by atoms with Crippen molar-refractivity contribution in [1.29, 1.82) is 0 Å². The summed E-state index contributed by atoms with van der Waals surface area (Å²) in [6.07, 6.45) is 9.51. The van der Waals surface area contributed by atoms with Crippen molar-refractivity contribution in [3.63, 3.8) is 0 Å². The number of benzene rings is 1. The second kappa shape index (κ2) is 5.35. The monoisotopic (exact) mass is 232 g/mol. The normalized spacial score (nSPS) is 19.0. The van der Waals surface area contributed by atoms with Crippen molar-refractivity contribution in [2.75, 3.05) is 0 Å². The van der Waals surface area contributed by atoms with Crippen molar-refractivity contribution in [2.45, 2.75) is 35.3 Å². The van der Waals surface area contributed by atoms with Crippen LogP contribution in [0.2, 0.25) is 0 Å². The fourth-order valence-corrected chi connectivity index (χ4v) is 3.62. The Bertz CT molecular complexity index is 364. The minimum absolute atomic E-state index is 0.155. The van der Waals surface area contributed by atoms with E-state index in [1.54, 1.807) is 6.08 Å². The van der Waals surface area contributed by atoms with Gasteiger partial charge in [-0.15, -0.1) is 11.8 Å². The number of rotatable bonds is 4. The third-order valence-electron chi connectivity index (χ3n) is 2.99. The standard InChI is InChI=1S/C14H16OS/c15-12-6-11-14(9-4-5-10-14)16-13-7-2-1-3-8-13/h1-3,6-8,11-12H,4-5,9-10H2/b11-6+. The van der Waals surface area contributed by atoms with Crippen molar-refractivity contribution >= 4 is 18.0 Å². The molecule has 1 aromatic rings. The van der Waals surface area contributed by atoms with Gasteiger partial charge in [-0.05, 0) is 31.1 Å². The summed E-state index contributed by atoms with van der Waals surface area (Å²) in [7, 11) is 0. The minimum Gasteiger partial charge on any atom is -0.299 e. The van der Waals surface area contributed by atoms with Crippen LogP contribution in [0, 0.1) is 0 Å². The highest BCUT2D eigenvalue weighted by atomic mass is 32.2. The molecule has 1 nitrogen and oxygen atoms in total. The van der Waals surface area contributed by atoms with E-state index >= 15 is 0 Å². The fourth-order valence-electron chi connectivity index (χ4n) is 2.21. The zero-order chi connectivity index (χ0) is 11.3. The summed E-state index contributed by atoms with van der Waals surface area (Å²) in [6, 6.07) is 10.4. The number of hydrogen-bond donors (Lipinski definition) is 0. The summed E-state index contributed by atoms with van der Waals surface area (Å²) in [6.45, 7) is 0. The molecule has 1 fully saturated rings. The van der Waals surface area contributed by atoms with E-state index in [2.05, 4.69) is 30.3 Å². The van der Waals surface area contributed by atoms with Crippen molar-refractivity contribution < 1.29 is 4.79 Å². The van der Waals surface area contributed by atoms with Gasteiger partial charge in [0.05, 0.1) is 0 Å². The molecule has 0 bridgehead atoms. The van der Waals surface area contributed by atoms with Crippen LogP contribution in [-0.4, -0.2) is 11.0 Å². The Hall–Kier alpha value is -1.02. The predicted octanol–water partition coefficient (Wildman–Crippen LogP) is 3.85. The van der Waals surface area contributed by atoms with E-state index in [0.29, 0.717) is 0 Å². The second-order valence-electron chi connectivity index (χ2n) is 4.18. The van der Waals surface area contributed by atoms with Crippen LogP contribution in [0.1, 0.15) is 25.7 Å². The van der Waals surface area contributed by atoms with Gasteiger partial charge >= 0.3 is 0 Å². The Morgan fingerprint density at radius 3 is 2.44 bits per heavy atom. The largest absolute Gasteiger partial charge is 0.299 e. The van der Waals surface area contributed by atoms with Gasteiger partial charge in [0.2, 0.25) is 0 Å². The molecule has 0 heterocycles. The Morgan fingerprint density at radius 1 is 1.12 bits per heavy atom. The number of aldehydes is 1. The quantitative estimate of drug-likeness (QED) is 0.579. The van der Waals surface area contributed by atoms with Gasteiger partial charge in [0.15, 0.2) is 0 Å². The lowest BCUT2D eigenvalue weighted by molar-refractivity contribution is -0.104. The Morgan fingerprint density at radius 2 is 1.81 bits per heavy atom. The number of hydrogen-bond acceptors (Lipinski definition) is 2. The molecular weight excluding hydrogens is 216 g/mol. The molecule has 0 N–H and O–H groups in total. The van der Waals surface area contributed by atoms with Crippen molar-refractivity contribution in [3.05, 3.63) is 42.5 Å². The first-order valence-corrected chi connectivity index (χ1v) is 6.53. The molecule has 0 radical (unpaired) electrons. The highest BCUT2D eigenvalue weighted by Gasteiger charge is 2.32. The van der Waals surface area contributed by atoms with E-state index in [0.717, 1.165) is 6.29 Å². The van der Waals surface area contributed by atoms with Crippen LogP contribution in [0.3, 0.4) is 0 Å². The molecule has 84 valence electrons. The third kappa shape index (κ3) is 2.76. The van der Waals surface area contributed by atoms with Gasteiger partial charge < -0.3 is 0 Å². The number of allylic oxidation sites excluding steroid dienone is 1. The van der Waals surface area contributed by atoms with E-state index in [1.165, 1.54) is 30.6 Å². The second-order valence-corrected chi connectivity index (χ2v) is 5.67. The zero-order valence-corrected chi connectivity index (χ0v) is 10.1. The molecule has 0 aliphatic heterocycles. The van der Waals surface area contributed by atoms with E-state index in [-0.39, 0.29) is 4.75 Å². The topological polar surface area (TPSA) is 17.1 Å². The first-order valence-electron chi connectivity index (χ1n) is 5.72. The van der Waals surface area contributed by atoms with Crippen molar-refractivity contribution in [3.8, 4) is 0 Å². The number of carbonyl (C=O) groups is 1. The molecule has 1 aliphatic rings. The maximum absolute atomic E-state index is 10.5. The first-order chi connectivity index (χ1) is 7.85. The van der Waals surface area contributed by atoms with Crippen LogP contribution < -0.4 is 0 Å². The summed E-state index contributed by atoms with van der Waals surface area (Å²) in [5.41, 5.74) is 0. The van der Waals surface area contributed by atoms with E-state index in [4.69, 9.17) is 0 Å². The van der Waals surface area contributed by atoms with Crippen LogP contribution in [0.15, 0.2) is 47.4 Å².